The maximum atomic E-state index is 12.1. The van der Waals surface area contributed by atoms with Crippen LogP contribution in [-0.4, -0.2) is 42.5 Å². The highest BCUT2D eigenvalue weighted by Crippen LogP contribution is 2.17. The van der Waals surface area contributed by atoms with Gasteiger partial charge in [0.15, 0.2) is 0 Å². The number of amides is 2. The third-order valence-electron chi connectivity index (χ3n) is 3.44. The molecule has 1 rings (SSSR count). The molecule has 0 aromatic carbocycles. The lowest BCUT2D eigenvalue weighted by atomic mass is 9.91. The SMILES string of the molecule is CC(C)(C)OC(=O)N[C@@H](CC(=O)CC1CCNCC1)C(N)=O. The van der Waals surface area contributed by atoms with E-state index in [-0.39, 0.29) is 12.2 Å². The molecule has 0 unspecified atom stereocenters. The first kappa shape index (κ1) is 18.4. The van der Waals surface area contributed by atoms with Gasteiger partial charge in [-0.1, -0.05) is 0 Å². The number of rotatable bonds is 6. The Morgan fingerprint density at radius 1 is 1.27 bits per heavy atom. The van der Waals surface area contributed by atoms with Crippen molar-refractivity contribution in [2.45, 2.75) is 58.1 Å². The Kier molecular flexibility index (Phi) is 6.80. The van der Waals surface area contributed by atoms with Gasteiger partial charge in [0, 0.05) is 12.8 Å². The summed E-state index contributed by atoms with van der Waals surface area (Å²) in [5.41, 5.74) is 4.58. The van der Waals surface area contributed by atoms with E-state index in [0.717, 1.165) is 25.9 Å². The third-order valence-corrected chi connectivity index (χ3v) is 3.44. The van der Waals surface area contributed by atoms with Crippen LogP contribution >= 0.6 is 0 Å². The lowest BCUT2D eigenvalue weighted by Crippen LogP contribution is -2.47. The molecule has 0 aliphatic carbocycles. The summed E-state index contributed by atoms with van der Waals surface area (Å²) in [5.74, 6) is -0.458. The summed E-state index contributed by atoms with van der Waals surface area (Å²) in [7, 11) is 0. The summed E-state index contributed by atoms with van der Waals surface area (Å²) in [6.45, 7) is 6.97. The van der Waals surface area contributed by atoms with Crippen LogP contribution in [0, 0.1) is 5.92 Å². The number of carbonyl (C=O) groups is 3. The number of Topliss-reactive ketones (excluding diaryl/α,β-unsaturated/α-hetero) is 1. The number of hydrogen-bond donors (Lipinski definition) is 3. The van der Waals surface area contributed by atoms with Gasteiger partial charge >= 0.3 is 6.09 Å². The van der Waals surface area contributed by atoms with Crippen LogP contribution in [0.5, 0.6) is 0 Å². The van der Waals surface area contributed by atoms with Crippen LogP contribution < -0.4 is 16.4 Å². The second kappa shape index (κ2) is 8.12. The topological polar surface area (TPSA) is 111 Å². The summed E-state index contributed by atoms with van der Waals surface area (Å²) >= 11 is 0. The van der Waals surface area contributed by atoms with Crippen molar-refractivity contribution in [1.29, 1.82) is 0 Å². The number of alkyl carbamates (subject to hydrolysis) is 1. The van der Waals surface area contributed by atoms with E-state index >= 15 is 0 Å². The van der Waals surface area contributed by atoms with E-state index < -0.39 is 23.6 Å². The Morgan fingerprint density at radius 2 is 1.86 bits per heavy atom. The van der Waals surface area contributed by atoms with Crippen LogP contribution in [0.1, 0.15) is 46.5 Å². The number of nitrogens with two attached hydrogens (primary N) is 1. The molecule has 7 heteroatoms. The molecule has 0 bridgehead atoms. The van der Waals surface area contributed by atoms with Gasteiger partial charge in [-0.2, -0.15) is 0 Å². The lowest BCUT2D eigenvalue weighted by Gasteiger charge is -2.24. The smallest absolute Gasteiger partial charge is 0.408 e. The van der Waals surface area contributed by atoms with Crippen LogP contribution in [0.25, 0.3) is 0 Å². The van der Waals surface area contributed by atoms with Crippen LogP contribution in [0.4, 0.5) is 4.79 Å². The van der Waals surface area contributed by atoms with E-state index in [1.165, 1.54) is 0 Å². The molecule has 1 aliphatic heterocycles. The van der Waals surface area contributed by atoms with Crippen molar-refractivity contribution in [3.63, 3.8) is 0 Å². The fourth-order valence-corrected chi connectivity index (χ4v) is 2.39. The summed E-state index contributed by atoms with van der Waals surface area (Å²) < 4.78 is 5.07. The Hall–Kier alpha value is -1.63. The van der Waals surface area contributed by atoms with Crippen LogP contribution in [0.15, 0.2) is 0 Å². The van der Waals surface area contributed by atoms with E-state index in [1.54, 1.807) is 20.8 Å². The first-order chi connectivity index (χ1) is 10.2. The van der Waals surface area contributed by atoms with Gasteiger partial charge in [-0.05, 0) is 52.6 Å². The second-order valence-electron chi connectivity index (χ2n) is 6.74. The van der Waals surface area contributed by atoms with Crippen LogP contribution in [0.2, 0.25) is 0 Å². The van der Waals surface area contributed by atoms with Gasteiger partial charge in [-0.15, -0.1) is 0 Å². The van der Waals surface area contributed by atoms with Gasteiger partial charge in [0.05, 0.1) is 0 Å². The molecule has 1 saturated heterocycles. The maximum Gasteiger partial charge on any atom is 0.408 e. The van der Waals surface area contributed by atoms with E-state index in [9.17, 15) is 14.4 Å². The summed E-state index contributed by atoms with van der Waals surface area (Å²) in [4.78, 5) is 35.2. The number of ether oxygens (including phenoxy) is 1. The number of piperidine rings is 1. The highest BCUT2D eigenvalue weighted by molar-refractivity contribution is 5.90. The first-order valence-electron chi connectivity index (χ1n) is 7.68. The van der Waals surface area contributed by atoms with Crippen molar-refractivity contribution in [3.8, 4) is 0 Å². The Bertz CT molecular complexity index is 412. The molecular formula is C15H27N3O4. The number of ketones is 1. The maximum absolute atomic E-state index is 12.1. The highest BCUT2D eigenvalue weighted by Gasteiger charge is 2.26. The van der Waals surface area contributed by atoms with Crippen molar-refractivity contribution in [3.05, 3.63) is 0 Å². The van der Waals surface area contributed by atoms with Crippen molar-refractivity contribution < 1.29 is 19.1 Å². The molecular weight excluding hydrogens is 286 g/mol. The molecule has 0 saturated carbocycles. The zero-order valence-electron chi connectivity index (χ0n) is 13.6. The molecule has 1 atom stereocenters. The molecule has 0 spiro atoms. The minimum atomic E-state index is -1.02. The first-order valence-corrected chi connectivity index (χ1v) is 7.68. The second-order valence-corrected chi connectivity index (χ2v) is 6.74. The highest BCUT2D eigenvalue weighted by atomic mass is 16.6. The van der Waals surface area contributed by atoms with E-state index in [2.05, 4.69) is 10.6 Å². The predicted octanol–water partition coefficient (Wildman–Crippen LogP) is 0.714. The van der Waals surface area contributed by atoms with E-state index in [0.29, 0.717) is 12.3 Å². The molecule has 0 radical (unpaired) electrons. The quantitative estimate of drug-likeness (QED) is 0.669. The molecule has 0 aromatic heterocycles. The van der Waals surface area contributed by atoms with E-state index in [1.807, 2.05) is 0 Å². The number of carbonyl (C=O) groups excluding carboxylic acids is 3. The van der Waals surface area contributed by atoms with Gasteiger partial charge in [0.2, 0.25) is 5.91 Å². The number of nitrogens with one attached hydrogen (secondary N) is 2. The Balaban J connectivity index is 2.47. The van der Waals surface area contributed by atoms with Crippen molar-refractivity contribution in [2.24, 2.45) is 11.7 Å². The largest absolute Gasteiger partial charge is 0.444 e. The predicted molar refractivity (Wildman–Crippen MR) is 82.2 cm³/mol. The molecule has 1 heterocycles. The summed E-state index contributed by atoms with van der Waals surface area (Å²) in [6, 6.07) is -1.02. The lowest BCUT2D eigenvalue weighted by molar-refractivity contribution is -0.126. The molecule has 0 aromatic rings. The Labute approximate surface area is 131 Å². The number of primary amides is 1. The fourth-order valence-electron chi connectivity index (χ4n) is 2.39. The van der Waals surface area contributed by atoms with Gasteiger partial charge in [0.1, 0.15) is 17.4 Å². The number of hydrogen-bond acceptors (Lipinski definition) is 5. The molecule has 126 valence electrons. The zero-order chi connectivity index (χ0) is 16.8. The molecule has 7 nitrogen and oxygen atoms in total. The average molecular weight is 313 g/mol. The zero-order valence-corrected chi connectivity index (χ0v) is 13.6. The molecule has 1 aliphatic rings. The monoisotopic (exact) mass is 313 g/mol. The van der Waals surface area contributed by atoms with Gasteiger partial charge in [-0.25, -0.2) is 4.79 Å². The average Bonchev–Trinajstić information content (AvgIpc) is 2.36. The standard InChI is InChI=1S/C15H27N3O4/c1-15(2,3)22-14(21)18-12(13(16)20)9-11(19)8-10-4-6-17-7-5-10/h10,12,17H,4-9H2,1-3H3,(H2,16,20)(H,18,21)/t12-/m0/s1. The third kappa shape index (κ3) is 7.40. The Morgan fingerprint density at radius 3 is 2.36 bits per heavy atom. The molecule has 4 N–H and O–H groups in total. The minimum Gasteiger partial charge on any atom is -0.444 e. The van der Waals surface area contributed by atoms with E-state index in [4.69, 9.17) is 10.5 Å². The minimum absolute atomic E-state index is 0.0632. The van der Waals surface area contributed by atoms with Crippen molar-refractivity contribution in [1.82, 2.24) is 10.6 Å². The van der Waals surface area contributed by atoms with Gasteiger partial charge < -0.3 is 21.1 Å². The normalized spacial score (nSPS) is 17.6. The molecule has 2 amide bonds. The summed E-state index contributed by atoms with van der Waals surface area (Å²) in [5, 5.41) is 5.61. The molecule has 1 fully saturated rings. The summed E-state index contributed by atoms with van der Waals surface area (Å²) in [6.07, 6.45) is 1.49. The van der Waals surface area contributed by atoms with Crippen molar-refractivity contribution >= 4 is 17.8 Å². The van der Waals surface area contributed by atoms with Crippen LogP contribution in [-0.2, 0) is 14.3 Å². The van der Waals surface area contributed by atoms with Crippen molar-refractivity contribution in [2.75, 3.05) is 13.1 Å². The fraction of sp³-hybridized carbons (Fsp3) is 0.800. The van der Waals surface area contributed by atoms with Crippen LogP contribution in [0.3, 0.4) is 0 Å². The molecule has 22 heavy (non-hydrogen) atoms. The van der Waals surface area contributed by atoms with Gasteiger partial charge in [0.25, 0.3) is 0 Å². The van der Waals surface area contributed by atoms with Gasteiger partial charge in [-0.3, -0.25) is 9.59 Å².